The van der Waals surface area contributed by atoms with Gasteiger partial charge in [0, 0.05) is 6.54 Å². The molecule has 1 unspecified atom stereocenters. The van der Waals surface area contributed by atoms with Crippen LogP contribution in [0.15, 0.2) is 18.2 Å². The Kier molecular flexibility index (Phi) is 3.63. The highest BCUT2D eigenvalue weighted by Crippen LogP contribution is 2.28. The van der Waals surface area contributed by atoms with Crippen molar-refractivity contribution in [1.82, 2.24) is 4.90 Å². The minimum atomic E-state index is -0.965. The van der Waals surface area contributed by atoms with E-state index in [0.29, 0.717) is 6.54 Å². The third-order valence-corrected chi connectivity index (χ3v) is 3.68. The van der Waals surface area contributed by atoms with E-state index in [1.165, 1.54) is 12.1 Å². The van der Waals surface area contributed by atoms with E-state index < -0.39 is 11.4 Å². The first-order valence-corrected chi connectivity index (χ1v) is 6.60. The molecule has 0 aliphatic carbocycles. The number of likely N-dealkylation sites (tertiary alicyclic amines) is 1. The highest BCUT2D eigenvalue weighted by molar-refractivity contribution is 5.95. The average molecular weight is 265 g/mol. The van der Waals surface area contributed by atoms with Gasteiger partial charge in [0.1, 0.15) is 5.82 Å². The van der Waals surface area contributed by atoms with E-state index in [2.05, 4.69) is 0 Å². The van der Waals surface area contributed by atoms with Crippen molar-refractivity contribution in [2.24, 2.45) is 0 Å². The molecule has 19 heavy (non-hydrogen) atoms. The topological polar surface area (TPSA) is 40.5 Å². The molecule has 1 aliphatic rings. The van der Waals surface area contributed by atoms with Gasteiger partial charge in [-0.2, -0.15) is 0 Å². The van der Waals surface area contributed by atoms with E-state index in [9.17, 15) is 14.3 Å². The number of carbonyl (C=O) groups excluding carboxylic acids is 1. The molecule has 0 saturated carbocycles. The van der Waals surface area contributed by atoms with Gasteiger partial charge in [0.2, 0.25) is 0 Å². The molecule has 1 heterocycles. The van der Waals surface area contributed by atoms with Crippen molar-refractivity contribution in [2.45, 2.75) is 45.3 Å². The summed E-state index contributed by atoms with van der Waals surface area (Å²) in [5, 5.41) is 10.1. The molecular formula is C15H20FNO2. The molecule has 0 spiro atoms. The number of amides is 1. The van der Waals surface area contributed by atoms with Crippen LogP contribution in [-0.4, -0.2) is 34.1 Å². The molecule has 0 aromatic heterocycles. The number of aliphatic hydroxyl groups is 1. The number of aryl methyl sites for hydroxylation is 1. The Morgan fingerprint density at radius 3 is 2.74 bits per heavy atom. The Labute approximate surface area is 113 Å². The molecule has 0 radical (unpaired) electrons. The van der Waals surface area contributed by atoms with Gasteiger partial charge in [0.25, 0.3) is 5.91 Å². The first-order chi connectivity index (χ1) is 8.80. The third-order valence-electron chi connectivity index (χ3n) is 3.68. The van der Waals surface area contributed by atoms with Crippen LogP contribution < -0.4 is 0 Å². The predicted octanol–water partition coefficient (Wildman–Crippen LogP) is 2.51. The summed E-state index contributed by atoms with van der Waals surface area (Å²) in [5.41, 5.74) is -0.0934. The van der Waals surface area contributed by atoms with Crippen molar-refractivity contribution >= 4 is 5.91 Å². The fourth-order valence-electron chi connectivity index (χ4n) is 2.69. The van der Waals surface area contributed by atoms with Crippen LogP contribution in [0.3, 0.4) is 0 Å². The number of halogens is 1. The van der Waals surface area contributed by atoms with Crippen LogP contribution in [0.25, 0.3) is 0 Å². The first-order valence-electron chi connectivity index (χ1n) is 6.60. The highest BCUT2D eigenvalue weighted by Gasteiger charge is 2.39. The Morgan fingerprint density at radius 1 is 1.47 bits per heavy atom. The van der Waals surface area contributed by atoms with Crippen molar-refractivity contribution in [3.05, 3.63) is 35.1 Å². The van der Waals surface area contributed by atoms with E-state index >= 15 is 0 Å². The zero-order chi connectivity index (χ0) is 14.2. The minimum absolute atomic E-state index is 0.0850. The second-order valence-electron chi connectivity index (χ2n) is 5.79. The van der Waals surface area contributed by atoms with Gasteiger partial charge in [-0.05, 0) is 51.3 Å². The molecule has 1 atom stereocenters. The van der Waals surface area contributed by atoms with Gasteiger partial charge in [0.15, 0.2) is 0 Å². The molecule has 1 aliphatic heterocycles. The molecule has 1 amide bonds. The van der Waals surface area contributed by atoms with Crippen molar-refractivity contribution in [2.75, 3.05) is 6.54 Å². The molecule has 3 nitrogen and oxygen atoms in total. The van der Waals surface area contributed by atoms with E-state index in [0.717, 1.165) is 18.4 Å². The summed E-state index contributed by atoms with van der Waals surface area (Å²) in [6, 6.07) is 4.36. The lowest BCUT2D eigenvalue weighted by Gasteiger charge is -2.33. The van der Waals surface area contributed by atoms with Gasteiger partial charge >= 0.3 is 0 Å². The van der Waals surface area contributed by atoms with Crippen LogP contribution in [0.4, 0.5) is 4.39 Å². The largest absolute Gasteiger partial charge is 0.388 e. The lowest BCUT2D eigenvalue weighted by molar-refractivity contribution is 0.000158. The normalized spacial score (nSPS) is 19.8. The van der Waals surface area contributed by atoms with Crippen LogP contribution in [0, 0.1) is 12.7 Å². The summed E-state index contributed by atoms with van der Waals surface area (Å²) in [4.78, 5) is 14.0. The van der Waals surface area contributed by atoms with Crippen LogP contribution in [0.2, 0.25) is 0 Å². The number of nitrogens with zero attached hydrogens (tertiary/aromatic N) is 1. The van der Waals surface area contributed by atoms with Crippen LogP contribution in [0.1, 0.15) is 42.6 Å². The summed E-state index contributed by atoms with van der Waals surface area (Å²) >= 11 is 0. The molecule has 4 heteroatoms. The van der Waals surface area contributed by atoms with Crippen LogP contribution in [0.5, 0.6) is 0 Å². The smallest absolute Gasteiger partial charge is 0.257 e. The predicted molar refractivity (Wildman–Crippen MR) is 71.5 cm³/mol. The summed E-state index contributed by atoms with van der Waals surface area (Å²) in [6.45, 7) is 5.73. The molecule has 1 saturated heterocycles. The highest BCUT2D eigenvalue weighted by atomic mass is 19.1. The van der Waals surface area contributed by atoms with E-state index in [1.807, 2.05) is 0 Å². The van der Waals surface area contributed by atoms with Gasteiger partial charge in [-0.3, -0.25) is 4.79 Å². The van der Waals surface area contributed by atoms with Gasteiger partial charge < -0.3 is 10.0 Å². The quantitative estimate of drug-likeness (QED) is 0.892. The lowest BCUT2D eigenvalue weighted by atomic mass is 9.96. The Morgan fingerprint density at radius 2 is 2.16 bits per heavy atom. The fourth-order valence-corrected chi connectivity index (χ4v) is 2.69. The first kappa shape index (κ1) is 14.0. The summed E-state index contributed by atoms with van der Waals surface area (Å²) in [5.74, 6) is -0.825. The molecule has 1 aromatic rings. The standard InChI is InChI=1S/C15H20FNO2/c1-10-6-7-11(12(16)9-10)14(18)17-8-4-5-13(17)15(2,3)19/h6-7,9,13,19H,4-5,8H2,1-3H3. The molecule has 0 bridgehead atoms. The maximum Gasteiger partial charge on any atom is 0.257 e. The summed E-state index contributed by atoms with van der Waals surface area (Å²) < 4.78 is 13.9. The molecular weight excluding hydrogens is 245 g/mol. The molecule has 2 rings (SSSR count). The molecule has 1 N–H and O–H groups in total. The number of hydrogen-bond acceptors (Lipinski definition) is 2. The number of hydrogen-bond donors (Lipinski definition) is 1. The monoisotopic (exact) mass is 265 g/mol. The Hall–Kier alpha value is -1.42. The van der Waals surface area contributed by atoms with Gasteiger partial charge in [-0.1, -0.05) is 6.07 Å². The van der Waals surface area contributed by atoms with Gasteiger partial charge in [0.05, 0.1) is 17.2 Å². The lowest BCUT2D eigenvalue weighted by Crippen LogP contribution is -2.48. The Bertz CT molecular complexity index is 493. The second kappa shape index (κ2) is 4.93. The van der Waals surface area contributed by atoms with E-state index in [1.54, 1.807) is 31.7 Å². The second-order valence-corrected chi connectivity index (χ2v) is 5.79. The van der Waals surface area contributed by atoms with Gasteiger partial charge in [-0.25, -0.2) is 4.39 Å². The van der Waals surface area contributed by atoms with Crippen molar-refractivity contribution in [3.8, 4) is 0 Å². The molecule has 1 aromatic carbocycles. The van der Waals surface area contributed by atoms with Crippen LogP contribution >= 0.6 is 0 Å². The SMILES string of the molecule is Cc1ccc(C(=O)N2CCCC2C(C)(C)O)c(F)c1. The zero-order valence-corrected chi connectivity index (χ0v) is 11.6. The van der Waals surface area contributed by atoms with Crippen LogP contribution in [-0.2, 0) is 0 Å². The fraction of sp³-hybridized carbons (Fsp3) is 0.533. The summed E-state index contributed by atoms with van der Waals surface area (Å²) in [6.07, 6.45) is 1.59. The molecule has 1 fully saturated rings. The third kappa shape index (κ3) is 2.78. The number of rotatable bonds is 2. The Balaban J connectivity index is 2.28. The van der Waals surface area contributed by atoms with Crippen molar-refractivity contribution in [3.63, 3.8) is 0 Å². The number of carbonyl (C=O) groups is 1. The minimum Gasteiger partial charge on any atom is -0.388 e. The maximum atomic E-state index is 13.9. The van der Waals surface area contributed by atoms with E-state index in [-0.39, 0.29) is 17.5 Å². The van der Waals surface area contributed by atoms with Gasteiger partial charge in [-0.15, -0.1) is 0 Å². The van der Waals surface area contributed by atoms with Crippen molar-refractivity contribution < 1.29 is 14.3 Å². The zero-order valence-electron chi connectivity index (χ0n) is 11.6. The maximum absolute atomic E-state index is 13.9. The summed E-state index contributed by atoms with van der Waals surface area (Å²) in [7, 11) is 0. The number of benzene rings is 1. The molecule has 104 valence electrons. The van der Waals surface area contributed by atoms with Crippen molar-refractivity contribution in [1.29, 1.82) is 0 Å². The average Bonchev–Trinajstić information content (AvgIpc) is 2.76. The van der Waals surface area contributed by atoms with E-state index in [4.69, 9.17) is 0 Å².